The van der Waals surface area contributed by atoms with Crippen molar-refractivity contribution >= 4 is 17.5 Å². The van der Waals surface area contributed by atoms with E-state index in [9.17, 15) is 4.79 Å². The summed E-state index contributed by atoms with van der Waals surface area (Å²) < 4.78 is 0. The van der Waals surface area contributed by atoms with E-state index in [2.05, 4.69) is 15.3 Å². The fraction of sp³-hybridized carbons (Fsp3) is 0.167. The molecule has 0 aliphatic carbocycles. The number of nitrogens with one attached hydrogen (secondary N) is 1. The van der Waals surface area contributed by atoms with Crippen LogP contribution in [-0.2, 0) is 4.79 Å². The Hall–Kier alpha value is -2.05. The number of carboxylic acids is 1. The molecule has 1 aromatic heterocycles. The van der Waals surface area contributed by atoms with Gasteiger partial charge in [0, 0.05) is 0 Å². The minimum absolute atomic E-state index is 0.00810. The van der Waals surface area contributed by atoms with Gasteiger partial charge in [0.25, 0.3) is 0 Å². The number of aromatic nitrogens is 2. The second-order valence-corrected chi connectivity index (χ2v) is 2.20. The van der Waals surface area contributed by atoms with Gasteiger partial charge in [-0.25, -0.2) is 4.98 Å². The van der Waals surface area contributed by atoms with E-state index in [1.165, 1.54) is 0 Å². The number of nitrogen functional groups attached to an aromatic ring is 1. The zero-order valence-corrected chi connectivity index (χ0v) is 6.56. The number of aliphatic carboxylic acids is 1. The molecule has 0 aliphatic rings. The number of aromatic hydroxyl groups is 1. The van der Waals surface area contributed by atoms with Gasteiger partial charge in [-0.15, -0.1) is 0 Å². The van der Waals surface area contributed by atoms with Gasteiger partial charge in [-0.1, -0.05) is 0 Å². The third kappa shape index (κ3) is 2.19. The Labute approximate surface area is 73.2 Å². The smallest absolute Gasteiger partial charge is 0.322 e. The summed E-state index contributed by atoms with van der Waals surface area (Å²) in [6.45, 7) is -0.356. The van der Waals surface area contributed by atoms with Crippen LogP contribution < -0.4 is 11.1 Å². The lowest BCUT2D eigenvalue weighted by Gasteiger charge is -2.06. The van der Waals surface area contributed by atoms with Crippen molar-refractivity contribution in [1.82, 2.24) is 9.97 Å². The lowest BCUT2D eigenvalue weighted by molar-refractivity contribution is -0.134. The molecule has 0 unspecified atom stereocenters. The van der Waals surface area contributed by atoms with Crippen LogP contribution in [0.25, 0.3) is 0 Å². The molecule has 0 aromatic carbocycles. The number of nitrogens with zero attached hydrogens (tertiary/aromatic N) is 2. The highest BCUT2D eigenvalue weighted by molar-refractivity contribution is 5.76. The highest BCUT2D eigenvalue weighted by atomic mass is 16.4. The van der Waals surface area contributed by atoms with Gasteiger partial charge in [0.15, 0.2) is 5.82 Å². The van der Waals surface area contributed by atoms with Crippen LogP contribution in [0.15, 0.2) is 6.33 Å². The molecular formula is C6H8N4O3. The van der Waals surface area contributed by atoms with E-state index in [0.29, 0.717) is 0 Å². The molecule has 7 nitrogen and oxygen atoms in total. The highest BCUT2D eigenvalue weighted by Crippen LogP contribution is 2.23. The second kappa shape index (κ2) is 3.57. The SMILES string of the molecule is Nc1ncnc(O)c1NCC(=O)O. The van der Waals surface area contributed by atoms with Crippen LogP contribution in [0.5, 0.6) is 5.88 Å². The fourth-order valence-electron chi connectivity index (χ4n) is 0.723. The van der Waals surface area contributed by atoms with Crippen molar-refractivity contribution in [2.45, 2.75) is 0 Å². The van der Waals surface area contributed by atoms with Crippen molar-refractivity contribution in [2.75, 3.05) is 17.6 Å². The molecule has 0 bridgehead atoms. The minimum atomic E-state index is -1.07. The highest BCUT2D eigenvalue weighted by Gasteiger charge is 2.08. The topological polar surface area (TPSA) is 121 Å². The van der Waals surface area contributed by atoms with Crippen LogP contribution in [0.4, 0.5) is 11.5 Å². The number of nitrogens with two attached hydrogens (primary N) is 1. The van der Waals surface area contributed by atoms with E-state index >= 15 is 0 Å². The summed E-state index contributed by atoms with van der Waals surface area (Å²) in [6.07, 6.45) is 1.08. The van der Waals surface area contributed by atoms with Crippen molar-refractivity contribution in [3.8, 4) is 5.88 Å². The average Bonchev–Trinajstić information content (AvgIpc) is 2.03. The van der Waals surface area contributed by atoms with E-state index in [0.717, 1.165) is 6.33 Å². The lowest BCUT2D eigenvalue weighted by atomic mass is 10.4. The molecule has 7 heteroatoms. The lowest BCUT2D eigenvalue weighted by Crippen LogP contribution is -2.14. The standard InChI is InChI=1S/C6H8N4O3/c7-5-4(8-1-3(11)12)6(13)10-2-9-5/h2,8H,1H2,(H,11,12)(H3,7,9,10,13). The number of hydrogen-bond acceptors (Lipinski definition) is 6. The van der Waals surface area contributed by atoms with Gasteiger partial charge < -0.3 is 21.3 Å². The van der Waals surface area contributed by atoms with Crippen LogP contribution in [0, 0.1) is 0 Å². The van der Waals surface area contributed by atoms with Crippen LogP contribution in [0.2, 0.25) is 0 Å². The Morgan fingerprint density at radius 1 is 1.62 bits per heavy atom. The van der Waals surface area contributed by atoms with Crippen LogP contribution >= 0.6 is 0 Å². The number of carbonyl (C=O) groups is 1. The summed E-state index contributed by atoms with van der Waals surface area (Å²) in [5.74, 6) is -1.43. The van der Waals surface area contributed by atoms with E-state index in [4.69, 9.17) is 15.9 Å². The Bertz CT molecular complexity index is 307. The summed E-state index contributed by atoms with van der Waals surface area (Å²) in [7, 11) is 0. The van der Waals surface area contributed by atoms with Gasteiger partial charge in [0.1, 0.15) is 18.6 Å². The maximum Gasteiger partial charge on any atom is 0.322 e. The van der Waals surface area contributed by atoms with Crippen LogP contribution in [0.1, 0.15) is 0 Å². The number of carboxylic acid groups (broad SMARTS) is 1. The van der Waals surface area contributed by atoms with Crippen molar-refractivity contribution in [1.29, 1.82) is 0 Å². The van der Waals surface area contributed by atoms with Crippen molar-refractivity contribution in [2.24, 2.45) is 0 Å². The molecule has 5 N–H and O–H groups in total. The van der Waals surface area contributed by atoms with Gasteiger partial charge in [0.2, 0.25) is 5.88 Å². The second-order valence-electron chi connectivity index (χ2n) is 2.20. The number of rotatable bonds is 3. The molecule has 0 aliphatic heterocycles. The predicted molar refractivity (Wildman–Crippen MR) is 44.2 cm³/mol. The Kier molecular flexibility index (Phi) is 2.48. The maximum atomic E-state index is 10.2. The number of anilines is 2. The van der Waals surface area contributed by atoms with E-state index in [1.54, 1.807) is 0 Å². The molecule has 0 fully saturated rings. The van der Waals surface area contributed by atoms with Crippen molar-refractivity contribution in [3.05, 3.63) is 6.33 Å². The third-order valence-electron chi connectivity index (χ3n) is 1.27. The molecule has 0 saturated heterocycles. The first-order valence-corrected chi connectivity index (χ1v) is 3.36. The molecule has 0 amide bonds. The monoisotopic (exact) mass is 184 g/mol. The molecule has 1 rings (SSSR count). The number of hydrogen-bond donors (Lipinski definition) is 4. The Morgan fingerprint density at radius 2 is 2.31 bits per heavy atom. The molecule has 1 aromatic rings. The zero-order chi connectivity index (χ0) is 9.84. The first-order chi connectivity index (χ1) is 6.11. The van der Waals surface area contributed by atoms with Crippen molar-refractivity contribution in [3.63, 3.8) is 0 Å². The first-order valence-electron chi connectivity index (χ1n) is 3.36. The van der Waals surface area contributed by atoms with E-state index in [1.807, 2.05) is 0 Å². The van der Waals surface area contributed by atoms with E-state index < -0.39 is 5.97 Å². The quantitative estimate of drug-likeness (QED) is 0.488. The molecule has 0 atom stereocenters. The normalized spacial score (nSPS) is 9.54. The minimum Gasteiger partial charge on any atom is -0.492 e. The van der Waals surface area contributed by atoms with Gasteiger partial charge in [0.05, 0.1) is 0 Å². The molecule has 0 radical (unpaired) electrons. The molecule has 1 heterocycles. The summed E-state index contributed by atoms with van der Waals surface area (Å²) in [4.78, 5) is 17.2. The molecule has 0 spiro atoms. The van der Waals surface area contributed by atoms with Gasteiger partial charge in [-0.3, -0.25) is 4.79 Å². The molecule has 13 heavy (non-hydrogen) atoms. The van der Waals surface area contributed by atoms with Gasteiger partial charge in [-0.2, -0.15) is 4.98 Å². The summed E-state index contributed by atoms with van der Waals surface area (Å²) >= 11 is 0. The van der Waals surface area contributed by atoms with Crippen molar-refractivity contribution < 1.29 is 15.0 Å². The summed E-state index contributed by atoms with van der Waals surface area (Å²) in [6, 6.07) is 0. The Morgan fingerprint density at radius 3 is 2.85 bits per heavy atom. The van der Waals surface area contributed by atoms with Gasteiger partial charge in [-0.05, 0) is 0 Å². The third-order valence-corrected chi connectivity index (χ3v) is 1.27. The van der Waals surface area contributed by atoms with E-state index in [-0.39, 0.29) is 23.9 Å². The zero-order valence-electron chi connectivity index (χ0n) is 6.56. The first kappa shape index (κ1) is 9.04. The molecule has 0 saturated carbocycles. The molecular weight excluding hydrogens is 176 g/mol. The average molecular weight is 184 g/mol. The van der Waals surface area contributed by atoms with Crippen LogP contribution in [0.3, 0.4) is 0 Å². The Balaban J connectivity index is 2.81. The summed E-state index contributed by atoms with van der Waals surface area (Å²) in [5.41, 5.74) is 5.37. The van der Waals surface area contributed by atoms with Gasteiger partial charge >= 0.3 is 5.97 Å². The maximum absolute atomic E-state index is 10.2. The predicted octanol–water partition coefficient (Wildman–Crippen LogP) is -0.739. The van der Waals surface area contributed by atoms with Crippen LogP contribution in [-0.4, -0.2) is 32.7 Å². The summed E-state index contributed by atoms with van der Waals surface area (Å²) in [5, 5.41) is 19.8. The molecule has 70 valence electrons. The largest absolute Gasteiger partial charge is 0.492 e. The fourth-order valence-corrected chi connectivity index (χ4v) is 0.723.